The van der Waals surface area contributed by atoms with Crippen LogP contribution in [-0.2, 0) is 0 Å². The van der Waals surface area contributed by atoms with Crippen LogP contribution in [0.25, 0.3) is 0 Å². The molecular formula is C12H9ClFN3O. The molecule has 0 aliphatic carbocycles. The van der Waals surface area contributed by atoms with Gasteiger partial charge in [-0.3, -0.25) is 10.4 Å². The Morgan fingerprint density at radius 2 is 2.17 bits per heavy atom. The van der Waals surface area contributed by atoms with Crippen LogP contribution in [0, 0.1) is 11.2 Å². The number of ether oxygens (including phenoxy) is 1. The van der Waals surface area contributed by atoms with Crippen LogP contribution >= 0.6 is 11.6 Å². The summed E-state index contributed by atoms with van der Waals surface area (Å²) in [6.07, 6.45) is 2.90. The highest BCUT2D eigenvalue weighted by Gasteiger charge is 2.09. The number of rotatable bonds is 3. The van der Waals surface area contributed by atoms with E-state index in [1.165, 1.54) is 24.5 Å². The van der Waals surface area contributed by atoms with E-state index in [1.807, 2.05) is 0 Å². The van der Waals surface area contributed by atoms with Crippen molar-refractivity contribution >= 4 is 17.4 Å². The third kappa shape index (κ3) is 2.57. The van der Waals surface area contributed by atoms with Crippen molar-refractivity contribution in [2.75, 3.05) is 0 Å². The Labute approximate surface area is 108 Å². The summed E-state index contributed by atoms with van der Waals surface area (Å²) in [7, 11) is 0. The third-order valence-electron chi connectivity index (χ3n) is 2.19. The normalized spacial score (nSPS) is 10.1. The van der Waals surface area contributed by atoms with Gasteiger partial charge in [0.2, 0.25) is 0 Å². The number of pyridine rings is 1. The minimum Gasteiger partial charge on any atom is -0.455 e. The van der Waals surface area contributed by atoms with Gasteiger partial charge in [0.25, 0.3) is 0 Å². The summed E-state index contributed by atoms with van der Waals surface area (Å²) < 4.78 is 18.7. The second kappa shape index (κ2) is 5.01. The lowest BCUT2D eigenvalue weighted by molar-refractivity contribution is 0.473. The summed E-state index contributed by atoms with van der Waals surface area (Å²) in [5, 5.41) is 7.41. The van der Waals surface area contributed by atoms with Gasteiger partial charge < -0.3 is 10.5 Å². The van der Waals surface area contributed by atoms with E-state index < -0.39 is 5.82 Å². The molecule has 1 aromatic carbocycles. The number of nitrogen functional groups attached to an aromatic ring is 1. The van der Waals surface area contributed by atoms with Crippen LogP contribution in [0.15, 0.2) is 36.7 Å². The van der Waals surface area contributed by atoms with E-state index in [1.54, 1.807) is 6.07 Å². The topological polar surface area (TPSA) is 72.0 Å². The van der Waals surface area contributed by atoms with Crippen LogP contribution < -0.4 is 10.5 Å². The number of nitrogens with zero attached hydrogens (tertiary/aromatic N) is 1. The van der Waals surface area contributed by atoms with Crippen LogP contribution in [0.1, 0.15) is 5.56 Å². The summed E-state index contributed by atoms with van der Waals surface area (Å²) in [5.74, 6) is -0.191. The molecule has 0 saturated carbocycles. The molecule has 0 spiro atoms. The maximum atomic E-state index is 13.2. The summed E-state index contributed by atoms with van der Waals surface area (Å²) >= 11 is 5.57. The molecule has 4 nitrogen and oxygen atoms in total. The number of amidine groups is 1. The van der Waals surface area contributed by atoms with Crippen molar-refractivity contribution in [3.8, 4) is 11.5 Å². The average Bonchev–Trinajstić information content (AvgIpc) is 2.34. The molecular weight excluding hydrogens is 257 g/mol. The van der Waals surface area contributed by atoms with Crippen molar-refractivity contribution in [3.63, 3.8) is 0 Å². The lowest BCUT2D eigenvalue weighted by Crippen LogP contribution is -2.12. The number of benzene rings is 1. The third-order valence-corrected chi connectivity index (χ3v) is 2.50. The Balaban J connectivity index is 2.34. The molecule has 18 heavy (non-hydrogen) atoms. The molecule has 0 bridgehead atoms. The van der Waals surface area contributed by atoms with Gasteiger partial charge >= 0.3 is 0 Å². The molecule has 0 aliphatic rings. The lowest BCUT2D eigenvalue weighted by Gasteiger charge is -2.09. The standard InChI is InChI=1S/C12H9ClFN3O/c13-9-2-1-7(5-10(9)14)18-11-6-17-4-3-8(11)12(15)16/h1-6H,(H3,15,16). The Kier molecular flexibility index (Phi) is 3.43. The number of halogens is 2. The monoisotopic (exact) mass is 265 g/mol. The average molecular weight is 266 g/mol. The molecule has 0 amide bonds. The molecule has 92 valence electrons. The molecule has 1 heterocycles. The van der Waals surface area contributed by atoms with Gasteiger partial charge in [0.05, 0.1) is 16.8 Å². The fourth-order valence-corrected chi connectivity index (χ4v) is 1.47. The van der Waals surface area contributed by atoms with Crippen LogP contribution in [0.4, 0.5) is 4.39 Å². The van der Waals surface area contributed by atoms with Crippen molar-refractivity contribution in [3.05, 3.63) is 53.1 Å². The fourth-order valence-electron chi connectivity index (χ4n) is 1.35. The molecule has 1 aromatic heterocycles. The Morgan fingerprint density at radius 3 is 2.83 bits per heavy atom. The molecule has 0 aliphatic heterocycles. The molecule has 3 N–H and O–H groups in total. The maximum Gasteiger partial charge on any atom is 0.156 e. The second-order valence-corrected chi connectivity index (χ2v) is 3.87. The molecule has 0 atom stereocenters. The number of aromatic nitrogens is 1. The quantitative estimate of drug-likeness (QED) is 0.662. The Morgan fingerprint density at radius 1 is 1.39 bits per heavy atom. The largest absolute Gasteiger partial charge is 0.455 e. The highest BCUT2D eigenvalue weighted by Crippen LogP contribution is 2.27. The number of nitrogens with one attached hydrogen (secondary N) is 1. The molecule has 6 heteroatoms. The van der Waals surface area contributed by atoms with E-state index in [-0.39, 0.29) is 22.4 Å². The first-order valence-corrected chi connectivity index (χ1v) is 5.37. The molecule has 0 radical (unpaired) electrons. The van der Waals surface area contributed by atoms with Crippen LogP contribution in [0.5, 0.6) is 11.5 Å². The van der Waals surface area contributed by atoms with E-state index in [4.69, 9.17) is 27.5 Å². The zero-order valence-corrected chi connectivity index (χ0v) is 9.91. The predicted octanol–water partition coefficient (Wildman–Crippen LogP) is 2.95. The second-order valence-electron chi connectivity index (χ2n) is 3.46. The first-order chi connectivity index (χ1) is 8.58. The van der Waals surface area contributed by atoms with Gasteiger partial charge in [-0.1, -0.05) is 11.6 Å². The fraction of sp³-hybridized carbons (Fsp3) is 0. The highest BCUT2D eigenvalue weighted by atomic mass is 35.5. The minimum atomic E-state index is -0.581. The SMILES string of the molecule is N=C(N)c1ccncc1Oc1ccc(Cl)c(F)c1. The number of hydrogen-bond acceptors (Lipinski definition) is 3. The first kappa shape index (κ1) is 12.3. The summed E-state index contributed by atoms with van der Waals surface area (Å²) in [6.45, 7) is 0. The van der Waals surface area contributed by atoms with Crippen molar-refractivity contribution in [1.82, 2.24) is 4.98 Å². The van der Waals surface area contributed by atoms with Gasteiger partial charge in [0.15, 0.2) is 5.75 Å². The van der Waals surface area contributed by atoms with Gasteiger partial charge in [0.1, 0.15) is 17.4 Å². The van der Waals surface area contributed by atoms with Gasteiger partial charge in [-0.15, -0.1) is 0 Å². The molecule has 0 saturated heterocycles. The van der Waals surface area contributed by atoms with Crippen molar-refractivity contribution < 1.29 is 9.13 Å². The molecule has 2 rings (SSSR count). The van der Waals surface area contributed by atoms with E-state index in [0.29, 0.717) is 5.56 Å². The van der Waals surface area contributed by atoms with Crippen LogP contribution in [-0.4, -0.2) is 10.8 Å². The van der Waals surface area contributed by atoms with E-state index in [0.717, 1.165) is 6.07 Å². The Bertz CT molecular complexity index is 604. The zero-order valence-electron chi connectivity index (χ0n) is 9.15. The van der Waals surface area contributed by atoms with E-state index >= 15 is 0 Å². The van der Waals surface area contributed by atoms with E-state index in [2.05, 4.69) is 4.98 Å². The predicted molar refractivity (Wildman–Crippen MR) is 66.7 cm³/mol. The van der Waals surface area contributed by atoms with Crippen molar-refractivity contribution in [2.24, 2.45) is 5.73 Å². The molecule has 2 aromatic rings. The van der Waals surface area contributed by atoms with Gasteiger partial charge in [-0.2, -0.15) is 0 Å². The van der Waals surface area contributed by atoms with Crippen molar-refractivity contribution in [1.29, 1.82) is 5.41 Å². The van der Waals surface area contributed by atoms with Gasteiger partial charge in [0, 0.05) is 12.3 Å². The van der Waals surface area contributed by atoms with Crippen LogP contribution in [0.2, 0.25) is 5.02 Å². The summed E-state index contributed by atoms with van der Waals surface area (Å²) in [4.78, 5) is 3.87. The maximum absolute atomic E-state index is 13.2. The zero-order chi connectivity index (χ0) is 13.1. The number of hydrogen-bond donors (Lipinski definition) is 2. The smallest absolute Gasteiger partial charge is 0.156 e. The minimum absolute atomic E-state index is 0.0142. The molecule has 0 fully saturated rings. The van der Waals surface area contributed by atoms with Gasteiger partial charge in [-0.05, 0) is 18.2 Å². The van der Waals surface area contributed by atoms with E-state index in [9.17, 15) is 4.39 Å². The van der Waals surface area contributed by atoms with Gasteiger partial charge in [-0.25, -0.2) is 4.39 Å². The summed E-state index contributed by atoms with van der Waals surface area (Å²) in [5.41, 5.74) is 5.79. The lowest BCUT2D eigenvalue weighted by atomic mass is 10.2. The van der Waals surface area contributed by atoms with Crippen molar-refractivity contribution in [2.45, 2.75) is 0 Å². The van der Waals surface area contributed by atoms with Crippen LogP contribution in [0.3, 0.4) is 0 Å². The Hall–Kier alpha value is -2.14. The highest BCUT2D eigenvalue weighted by molar-refractivity contribution is 6.30. The summed E-state index contributed by atoms with van der Waals surface area (Å²) in [6, 6.07) is 5.60. The molecule has 0 unspecified atom stereocenters. The number of nitrogens with two attached hydrogens (primary N) is 1. The first-order valence-electron chi connectivity index (χ1n) is 4.99.